The number of hydrogen-bond donors (Lipinski definition) is 1. The van der Waals surface area contributed by atoms with Crippen molar-refractivity contribution in [2.45, 2.75) is 19.1 Å². The largest absolute Gasteiger partial charge is 0.493 e. The van der Waals surface area contributed by atoms with Crippen molar-refractivity contribution < 1.29 is 43.1 Å². The van der Waals surface area contributed by atoms with Gasteiger partial charge in [0.05, 0.1) is 26.9 Å². The number of carbonyl (C=O) groups excluding carboxylic acids is 2. The molecule has 0 spiro atoms. The van der Waals surface area contributed by atoms with Gasteiger partial charge in [-0.05, 0) is 35.4 Å². The molecular weight excluding hydrogens is 420 g/mol. The Morgan fingerprint density at radius 1 is 1.00 bits per heavy atom. The van der Waals surface area contributed by atoms with Gasteiger partial charge in [-0.25, -0.2) is 0 Å². The van der Waals surface area contributed by atoms with Crippen molar-refractivity contribution in [1.29, 1.82) is 0 Å². The van der Waals surface area contributed by atoms with E-state index in [0.29, 0.717) is 34.1 Å². The van der Waals surface area contributed by atoms with Crippen molar-refractivity contribution in [3.8, 4) is 23.0 Å². The van der Waals surface area contributed by atoms with Crippen LogP contribution in [0.1, 0.15) is 30.3 Å². The van der Waals surface area contributed by atoms with E-state index in [1.165, 1.54) is 21.1 Å². The number of ether oxygens (including phenoxy) is 6. The smallest absolute Gasteiger partial charge is 0.313 e. The minimum absolute atomic E-state index is 0.0265. The SMILES string of the molecule is COc1ccc([C@H](O)[C@@H]2COC(=O)[C@H]2[C@@H](OC(C)=O)c2ccc3c(c2)OCO3)cc1OC. The number of hydrogen-bond acceptors (Lipinski definition) is 9. The summed E-state index contributed by atoms with van der Waals surface area (Å²) >= 11 is 0. The van der Waals surface area contributed by atoms with Crippen LogP contribution in [0.25, 0.3) is 0 Å². The molecule has 170 valence electrons. The van der Waals surface area contributed by atoms with Gasteiger partial charge in [0.1, 0.15) is 12.0 Å². The second-order valence-electron chi connectivity index (χ2n) is 7.52. The van der Waals surface area contributed by atoms with E-state index >= 15 is 0 Å². The Kier molecular flexibility index (Phi) is 6.09. The third-order valence-corrected chi connectivity index (χ3v) is 5.65. The lowest BCUT2D eigenvalue weighted by atomic mass is 9.81. The van der Waals surface area contributed by atoms with Gasteiger partial charge >= 0.3 is 11.9 Å². The van der Waals surface area contributed by atoms with Crippen LogP contribution in [-0.2, 0) is 19.1 Å². The van der Waals surface area contributed by atoms with Gasteiger partial charge in [0.15, 0.2) is 23.0 Å². The van der Waals surface area contributed by atoms with Crippen LogP contribution >= 0.6 is 0 Å². The first kappa shape index (κ1) is 21.8. The summed E-state index contributed by atoms with van der Waals surface area (Å²) in [4.78, 5) is 24.7. The fourth-order valence-corrected chi connectivity index (χ4v) is 4.09. The Labute approximate surface area is 184 Å². The highest BCUT2D eigenvalue weighted by atomic mass is 16.7. The monoisotopic (exact) mass is 444 g/mol. The molecular formula is C23H24O9. The summed E-state index contributed by atoms with van der Waals surface area (Å²) in [7, 11) is 3.01. The predicted molar refractivity (Wildman–Crippen MR) is 110 cm³/mol. The standard InChI is InChI=1S/C23H24O9/c1-12(24)32-22(14-5-7-17-19(9-14)31-11-30-17)20-15(10-29-23(20)26)21(25)13-4-6-16(27-2)18(8-13)28-3/h4-9,15,20-22,25H,10-11H2,1-3H3/t15-,20-,21+,22+/m1/s1. The number of aliphatic hydroxyl groups excluding tert-OH is 1. The highest BCUT2D eigenvalue weighted by Gasteiger charge is 2.48. The first-order valence-corrected chi connectivity index (χ1v) is 10.1. The summed E-state index contributed by atoms with van der Waals surface area (Å²) in [5.41, 5.74) is 1.06. The van der Waals surface area contributed by atoms with Crippen molar-refractivity contribution in [2.24, 2.45) is 11.8 Å². The number of carbonyl (C=O) groups is 2. The third-order valence-electron chi connectivity index (χ3n) is 5.65. The van der Waals surface area contributed by atoms with Crippen molar-refractivity contribution in [3.05, 3.63) is 47.5 Å². The molecule has 2 aromatic carbocycles. The molecule has 4 rings (SSSR count). The van der Waals surface area contributed by atoms with E-state index in [1.54, 1.807) is 36.4 Å². The lowest BCUT2D eigenvalue weighted by Crippen LogP contribution is -2.30. The molecule has 9 heteroatoms. The van der Waals surface area contributed by atoms with E-state index < -0.39 is 36.0 Å². The molecule has 0 aliphatic carbocycles. The van der Waals surface area contributed by atoms with Gasteiger partial charge < -0.3 is 33.5 Å². The number of rotatable bonds is 7. The maximum Gasteiger partial charge on any atom is 0.313 e. The van der Waals surface area contributed by atoms with E-state index in [-0.39, 0.29) is 13.4 Å². The average molecular weight is 444 g/mol. The topological polar surface area (TPSA) is 110 Å². The highest BCUT2D eigenvalue weighted by Crippen LogP contribution is 2.45. The molecule has 2 aromatic rings. The molecule has 1 fully saturated rings. The summed E-state index contributed by atoms with van der Waals surface area (Å²) in [5.74, 6) is -0.716. The molecule has 0 aromatic heterocycles. The summed E-state index contributed by atoms with van der Waals surface area (Å²) in [6, 6.07) is 10.1. The maximum absolute atomic E-state index is 12.7. The Morgan fingerprint density at radius 2 is 1.72 bits per heavy atom. The second kappa shape index (κ2) is 8.96. The normalized spacial score (nSPS) is 20.9. The number of cyclic esters (lactones) is 1. The molecule has 0 unspecified atom stereocenters. The second-order valence-corrected chi connectivity index (χ2v) is 7.52. The first-order chi connectivity index (χ1) is 15.4. The highest BCUT2D eigenvalue weighted by molar-refractivity contribution is 5.77. The van der Waals surface area contributed by atoms with Crippen LogP contribution in [0.15, 0.2) is 36.4 Å². The van der Waals surface area contributed by atoms with Gasteiger partial charge in [-0.3, -0.25) is 9.59 Å². The Morgan fingerprint density at radius 3 is 2.44 bits per heavy atom. The van der Waals surface area contributed by atoms with Crippen LogP contribution in [0.2, 0.25) is 0 Å². The predicted octanol–water partition coefficient (Wildman–Crippen LogP) is 2.56. The molecule has 1 saturated heterocycles. The zero-order chi connectivity index (χ0) is 22.8. The van der Waals surface area contributed by atoms with Crippen molar-refractivity contribution >= 4 is 11.9 Å². The van der Waals surface area contributed by atoms with Crippen LogP contribution in [0, 0.1) is 11.8 Å². The van der Waals surface area contributed by atoms with Crippen molar-refractivity contribution in [2.75, 3.05) is 27.6 Å². The van der Waals surface area contributed by atoms with Gasteiger partial charge in [0.2, 0.25) is 6.79 Å². The zero-order valence-corrected chi connectivity index (χ0v) is 17.9. The molecule has 32 heavy (non-hydrogen) atoms. The summed E-state index contributed by atoms with van der Waals surface area (Å²) in [6.45, 7) is 1.32. The van der Waals surface area contributed by atoms with Crippen LogP contribution in [-0.4, -0.2) is 44.7 Å². The molecule has 0 radical (unpaired) electrons. The third kappa shape index (κ3) is 4.03. The van der Waals surface area contributed by atoms with E-state index in [4.69, 9.17) is 28.4 Å². The molecule has 0 saturated carbocycles. The molecule has 2 aliphatic heterocycles. The lowest BCUT2D eigenvalue weighted by Gasteiger charge is -2.28. The molecule has 2 aliphatic rings. The van der Waals surface area contributed by atoms with E-state index in [1.807, 2.05) is 0 Å². The molecule has 4 atom stereocenters. The van der Waals surface area contributed by atoms with E-state index in [9.17, 15) is 14.7 Å². The zero-order valence-electron chi connectivity index (χ0n) is 17.9. The van der Waals surface area contributed by atoms with Gasteiger partial charge in [-0.15, -0.1) is 0 Å². The Hall–Kier alpha value is -3.46. The van der Waals surface area contributed by atoms with Crippen LogP contribution in [0.5, 0.6) is 23.0 Å². The number of fused-ring (bicyclic) bond motifs is 1. The van der Waals surface area contributed by atoms with Crippen molar-refractivity contribution in [3.63, 3.8) is 0 Å². The molecule has 0 bridgehead atoms. The molecule has 1 N–H and O–H groups in total. The number of aliphatic hydroxyl groups is 1. The van der Waals surface area contributed by atoms with E-state index in [0.717, 1.165) is 0 Å². The van der Waals surface area contributed by atoms with Gasteiger partial charge in [0, 0.05) is 12.8 Å². The maximum atomic E-state index is 12.7. The minimum Gasteiger partial charge on any atom is -0.493 e. The minimum atomic E-state index is -1.08. The number of esters is 2. The fourth-order valence-electron chi connectivity index (χ4n) is 4.09. The quantitative estimate of drug-likeness (QED) is 0.644. The van der Waals surface area contributed by atoms with Gasteiger partial charge in [-0.2, -0.15) is 0 Å². The summed E-state index contributed by atoms with van der Waals surface area (Å²) in [5, 5.41) is 11.2. The van der Waals surface area contributed by atoms with Crippen LogP contribution in [0.3, 0.4) is 0 Å². The van der Waals surface area contributed by atoms with Gasteiger partial charge in [0.25, 0.3) is 0 Å². The first-order valence-electron chi connectivity index (χ1n) is 10.1. The molecule has 2 heterocycles. The Balaban J connectivity index is 1.68. The van der Waals surface area contributed by atoms with Gasteiger partial charge in [-0.1, -0.05) is 12.1 Å². The lowest BCUT2D eigenvalue weighted by molar-refractivity contribution is -0.156. The fraction of sp³-hybridized carbons (Fsp3) is 0.391. The Bertz CT molecular complexity index is 1020. The number of methoxy groups -OCH3 is 2. The molecule has 0 amide bonds. The number of benzene rings is 2. The van der Waals surface area contributed by atoms with Crippen molar-refractivity contribution in [1.82, 2.24) is 0 Å². The summed E-state index contributed by atoms with van der Waals surface area (Å²) < 4.78 is 32.2. The average Bonchev–Trinajstić information content (AvgIpc) is 3.42. The van der Waals surface area contributed by atoms with E-state index in [2.05, 4.69) is 0 Å². The van der Waals surface area contributed by atoms with Crippen LogP contribution < -0.4 is 18.9 Å². The molecule has 9 nitrogen and oxygen atoms in total. The summed E-state index contributed by atoms with van der Waals surface area (Å²) in [6.07, 6.45) is -2.06. The van der Waals surface area contributed by atoms with Crippen LogP contribution in [0.4, 0.5) is 0 Å².